The Morgan fingerprint density at radius 3 is 2.65 bits per heavy atom. The van der Waals surface area contributed by atoms with Crippen LogP contribution in [0.2, 0.25) is 0 Å². The highest BCUT2D eigenvalue weighted by atomic mass is 32.2. The highest BCUT2D eigenvalue weighted by Crippen LogP contribution is 2.20. The molecule has 1 aromatic rings. The summed E-state index contributed by atoms with van der Waals surface area (Å²) in [5.41, 5.74) is 7.94. The van der Waals surface area contributed by atoms with Crippen molar-refractivity contribution < 1.29 is 13.2 Å². The number of carbonyl (C=O) groups excluding carboxylic acids is 1. The number of anilines is 2. The maximum atomic E-state index is 12.0. The maximum Gasteiger partial charge on any atom is 0.238 e. The predicted molar refractivity (Wildman–Crippen MR) is 79.3 cm³/mol. The Labute approximate surface area is 118 Å². The van der Waals surface area contributed by atoms with Crippen molar-refractivity contribution in [2.24, 2.45) is 0 Å². The smallest absolute Gasteiger partial charge is 0.238 e. The van der Waals surface area contributed by atoms with Gasteiger partial charge in [-0.2, -0.15) is 0 Å². The summed E-state index contributed by atoms with van der Waals surface area (Å²) in [5, 5.41) is 2.81. The van der Waals surface area contributed by atoms with E-state index in [-0.39, 0.29) is 24.0 Å². The number of nitrogen functional groups attached to an aromatic ring is 1. The van der Waals surface area contributed by atoms with Gasteiger partial charge in [0.1, 0.15) is 0 Å². The van der Waals surface area contributed by atoms with Crippen LogP contribution in [0.1, 0.15) is 5.56 Å². The monoisotopic (exact) mass is 297 g/mol. The first-order chi connectivity index (χ1) is 9.37. The van der Waals surface area contributed by atoms with E-state index in [4.69, 9.17) is 5.73 Å². The van der Waals surface area contributed by atoms with Crippen LogP contribution >= 0.6 is 0 Å². The summed E-state index contributed by atoms with van der Waals surface area (Å²) in [4.78, 5) is 13.8. The molecule has 3 N–H and O–H groups in total. The Kier molecular flexibility index (Phi) is 4.29. The van der Waals surface area contributed by atoms with E-state index in [9.17, 15) is 13.2 Å². The topological polar surface area (TPSA) is 92.5 Å². The molecule has 0 unspecified atom stereocenters. The van der Waals surface area contributed by atoms with Gasteiger partial charge in [0.05, 0.1) is 18.1 Å². The van der Waals surface area contributed by atoms with Crippen LogP contribution in [0, 0.1) is 6.92 Å². The highest BCUT2D eigenvalue weighted by molar-refractivity contribution is 7.91. The second-order valence-electron chi connectivity index (χ2n) is 5.00. The Morgan fingerprint density at radius 1 is 1.35 bits per heavy atom. The fraction of sp³-hybridized carbons (Fsp3) is 0.462. The first-order valence-electron chi connectivity index (χ1n) is 6.45. The molecule has 1 heterocycles. The van der Waals surface area contributed by atoms with Crippen LogP contribution in [-0.4, -0.2) is 50.4 Å². The van der Waals surface area contributed by atoms with Crippen LogP contribution in [0.3, 0.4) is 0 Å². The zero-order valence-electron chi connectivity index (χ0n) is 11.4. The van der Waals surface area contributed by atoms with Crippen molar-refractivity contribution in [3.8, 4) is 0 Å². The molecular formula is C13H19N3O3S. The standard InChI is InChI=1S/C13H19N3O3S/c1-10-11(14)3-2-4-12(10)15-13(17)9-16-5-7-20(18,19)8-6-16/h2-4H,5-9,14H2,1H3,(H,15,17). The number of carbonyl (C=O) groups is 1. The third-order valence-corrected chi connectivity index (χ3v) is 5.06. The number of hydrogen-bond donors (Lipinski definition) is 2. The lowest BCUT2D eigenvalue weighted by Gasteiger charge is -2.25. The molecule has 0 atom stereocenters. The summed E-state index contributed by atoms with van der Waals surface area (Å²) in [6.45, 7) is 2.86. The third kappa shape index (κ3) is 3.71. The van der Waals surface area contributed by atoms with Crippen molar-refractivity contribution in [3.63, 3.8) is 0 Å². The average Bonchev–Trinajstić information content (AvgIpc) is 2.38. The van der Waals surface area contributed by atoms with Gasteiger partial charge in [-0.05, 0) is 24.6 Å². The van der Waals surface area contributed by atoms with Crippen LogP contribution in [0.5, 0.6) is 0 Å². The number of rotatable bonds is 3. The molecule has 6 nitrogen and oxygen atoms in total. The molecule has 1 saturated heterocycles. The van der Waals surface area contributed by atoms with E-state index in [1.54, 1.807) is 18.2 Å². The molecule has 1 aliphatic rings. The van der Waals surface area contributed by atoms with Gasteiger partial charge >= 0.3 is 0 Å². The van der Waals surface area contributed by atoms with E-state index in [1.807, 2.05) is 11.8 Å². The normalized spacial score (nSPS) is 18.6. The van der Waals surface area contributed by atoms with Gasteiger partial charge in [0.15, 0.2) is 9.84 Å². The van der Waals surface area contributed by atoms with Crippen LogP contribution in [0.25, 0.3) is 0 Å². The van der Waals surface area contributed by atoms with Crippen LogP contribution in [0.15, 0.2) is 18.2 Å². The average molecular weight is 297 g/mol. The SMILES string of the molecule is Cc1c(N)cccc1NC(=O)CN1CCS(=O)(=O)CC1. The largest absolute Gasteiger partial charge is 0.398 e. The Balaban J connectivity index is 1.92. The van der Waals surface area contributed by atoms with Gasteiger partial charge in [-0.3, -0.25) is 9.69 Å². The van der Waals surface area contributed by atoms with Crippen molar-refractivity contribution in [2.45, 2.75) is 6.92 Å². The number of nitrogens with two attached hydrogens (primary N) is 1. The first-order valence-corrected chi connectivity index (χ1v) is 8.27. The lowest BCUT2D eigenvalue weighted by atomic mass is 10.1. The molecule has 0 radical (unpaired) electrons. The summed E-state index contributed by atoms with van der Waals surface area (Å²) < 4.78 is 22.6. The van der Waals surface area contributed by atoms with Crippen molar-refractivity contribution in [1.29, 1.82) is 0 Å². The lowest BCUT2D eigenvalue weighted by molar-refractivity contribution is -0.117. The van der Waals surface area contributed by atoms with E-state index in [0.717, 1.165) is 5.56 Å². The zero-order valence-corrected chi connectivity index (χ0v) is 12.2. The van der Waals surface area contributed by atoms with Gasteiger partial charge in [-0.15, -0.1) is 0 Å². The van der Waals surface area contributed by atoms with Crippen molar-refractivity contribution in [2.75, 3.05) is 42.2 Å². The number of nitrogens with one attached hydrogen (secondary N) is 1. The molecule has 1 amide bonds. The fourth-order valence-corrected chi connectivity index (χ4v) is 3.37. The van der Waals surface area contributed by atoms with Crippen molar-refractivity contribution >= 4 is 27.1 Å². The molecule has 1 aliphatic heterocycles. The molecule has 2 rings (SSSR count). The molecule has 20 heavy (non-hydrogen) atoms. The van der Waals surface area contributed by atoms with Crippen LogP contribution in [0.4, 0.5) is 11.4 Å². The molecule has 1 fully saturated rings. The molecule has 7 heteroatoms. The summed E-state index contributed by atoms with van der Waals surface area (Å²) in [6, 6.07) is 5.36. The number of amides is 1. The first kappa shape index (κ1) is 14.8. The molecule has 1 aromatic carbocycles. The molecular weight excluding hydrogens is 278 g/mol. The molecule has 0 saturated carbocycles. The van der Waals surface area contributed by atoms with E-state index < -0.39 is 9.84 Å². The Morgan fingerprint density at radius 2 is 2.00 bits per heavy atom. The van der Waals surface area contributed by atoms with Crippen LogP contribution < -0.4 is 11.1 Å². The number of hydrogen-bond acceptors (Lipinski definition) is 5. The van der Waals surface area contributed by atoms with E-state index in [0.29, 0.717) is 24.5 Å². The Hall–Kier alpha value is -1.60. The van der Waals surface area contributed by atoms with E-state index in [2.05, 4.69) is 5.32 Å². The van der Waals surface area contributed by atoms with Gasteiger partial charge < -0.3 is 11.1 Å². The third-order valence-electron chi connectivity index (χ3n) is 3.45. The van der Waals surface area contributed by atoms with Gasteiger partial charge in [0.2, 0.25) is 5.91 Å². The van der Waals surface area contributed by atoms with Crippen molar-refractivity contribution in [3.05, 3.63) is 23.8 Å². The van der Waals surface area contributed by atoms with Crippen LogP contribution in [-0.2, 0) is 14.6 Å². The number of nitrogens with zero attached hydrogens (tertiary/aromatic N) is 1. The molecule has 0 bridgehead atoms. The second-order valence-corrected chi connectivity index (χ2v) is 7.30. The van der Waals surface area contributed by atoms with Gasteiger partial charge in [0, 0.05) is 24.5 Å². The Bertz CT molecular complexity index is 599. The van der Waals surface area contributed by atoms with E-state index in [1.165, 1.54) is 0 Å². The zero-order chi connectivity index (χ0) is 14.8. The molecule has 0 spiro atoms. The van der Waals surface area contributed by atoms with Gasteiger partial charge in [-0.1, -0.05) is 6.07 Å². The van der Waals surface area contributed by atoms with Crippen molar-refractivity contribution in [1.82, 2.24) is 4.90 Å². The minimum Gasteiger partial charge on any atom is -0.398 e. The second kappa shape index (κ2) is 5.80. The number of sulfone groups is 1. The summed E-state index contributed by atoms with van der Waals surface area (Å²) in [5.74, 6) is 0.0906. The summed E-state index contributed by atoms with van der Waals surface area (Å²) in [7, 11) is -2.91. The maximum absolute atomic E-state index is 12.0. The highest BCUT2D eigenvalue weighted by Gasteiger charge is 2.23. The number of benzene rings is 1. The molecule has 110 valence electrons. The predicted octanol–water partition coefficient (Wildman–Crippen LogP) is 0.246. The molecule has 0 aliphatic carbocycles. The minimum absolute atomic E-state index is 0.123. The minimum atomic E-state index is -2.91. The fourth-order valence-electron chi connectivity index (χ4n) is 2.09. The van der Waals surface area contributed by atoms with Gasteiger partial charge in [-0.25, -0.2) is 8.42 Å². The van der Waals surface area contributed by atoms with E-state index >= 15 is 0 Å². The van der Waals surface area contributed by atoms with Gasteiger partial charge in [0.25, 0.3) is 0 Å². The summed E-state index contributed by atoms with van der Waals surface area (Å²) in [6.07, 6.45) is 0. The summed E-state index contributed by atoms with van der Waals surface area (Å²) >= 11 is 0. The molecule has 0 aromatic heterocycles. The quantitative estimate of drug-likeness (QED) is 0.780. The lowest BCUT2D eigenvalue weighted by Crippen LogP contribution is -2.43.